The molecule has 0 amide bonds. The summed E-state index contributed by atoms with van der Waals surface area (Å²) in [5.74, 6) is 0.0526. The van der Waals surface area contributed by atoms with Crippen molar-refractivity contribution in [2.24, 2.45) is 5.92 Å². The van der Waals surface area contributed by atoms with Crippen LogP contribution in [0.3, 0.4) is 0 Å². The Morgan fingerprint density at radius 2 is 1.61 bits per heavy atom. The van der Waals surface area contributed by atoms with Crippen LogP contribution in [0.4, 0.5) is 0 Å². The smallest absolute Gasteiger partial charge is 0.323 e. The number of carbonyl (C=O) groups is 2. The first-order valence-electron chi connectivity index (χ1n) is 8.47. The first kappa shape index (κ1) is 20.2. The Labute approximate surface area is 144 Å². The first-order chi connectivity index (χ1) is 10.7. The minimum absolute atomic E-state index is 0. The van der Waals surface area contributed by atoms with E-state index in [4.69, 9.17) is 9.47 Å². The van der Waals surface area contributed by atoms with Crippen molar-refractivity contribution in [1.82, 2.24) is 10.2 Å². The average molecular weight is 349 g/mol. The maximum Gasteiger partial charge on any atom is 0.323 e. The van der Waals surface area contributed by atoms with Crippen LogP contribution >= 0.6 is 12.4 Å². The molecule has 1 N–H and O–H groups in total. The molecule has 2 aliphatic rings. The summed E-state index contributed by atoms with van der Waals surface area (Å²) >= 11 is 0. The highest BCUT2D eigenvalue weighted by Gasteiger charge is 2.43. The molecule has 1 unspecified atom stereocenters. The van der Waals surface area contributed by atoms with Crippen LogP contribution in [0.15, 0.2) is 0 Å². The third-order valence-electron chi connectivity index (χ3n) is 4.50. The summed E-state index contributed by atoms with van der Waals surface area (Å²) in [5, 5.41) is 3.39. The first-order valence-corrected chi connectivity index (χ1v) is 8.47. The van der Waals surface area contributed by atoms with Crippen molar-refractivity contribution in [2.75, 3.05) is 32.8 Å². The zero-order valence-electron chi connectivity index (χ0n) is 14.1. The largest absolute Gasteiger partial charge is 0.465 e. The molecule has 2 rings (SSSR count). The van der Waals surface area contributed by atoms with E-state index < -0.39 is 0 Å². The molecule has 2 saturated heterocycles. The lowest BCUT2D eigenvalue weighted by Gasteiger charge is -2.33. The molecule has 6 nitrogen and oxygen atoms in total. The van der Waals surface area contributed by atoms with Crippen LogP contribution in [0, 0.1) is 5.92 Å². The maximum absolute atomic E-state index is 12.2. The zero-order valence-corrected chi connectivity index (χ0v) is 14.9. The second-order valence-corrected chi connectivity index (χ2v) is 6.02. The molecule has 0 bridgehead atoms. The predicted octanol–water partition coefficient (Wildman–Crippen LogP) is 1.37. The second kappa shape index (κ2) is 10.1. The van der Waals surface area contributed by atoms with Crippen LogP contribution in [-0.4, -0.2) is 61.8 Å². The number of esters is 2. The standard InChI is InChI=1S/C16H28N2O4.ClH/c1-3-21-15(19)13-7-8-14(16(20)22-4-2)18(13)11-12-6-5-9-17-10-12;/h12-14,17H,3-11H2,1-2H3;1H/t12?,13-,14-;/m1./s1. The topological polar surface area (TPSA) is 67.9 Å². The normalized spacial score (nSPS) is 28.0. The van der Waals surface area contributed by atoms with Crippen molar-refractivity contribution in [2.45, 2.75) is 51.6 Å². The molecule has 0 radical (unpaired) electrons. The molecule has 7 heteroatoms. The van der Waals surface area contributed by atoms with E-state index in [1.54, 1.807) is 0 Å². The van der Waals surface area contributed by atoms with Crippen LogP contribution in [0.2, 0.25) is 0 Å². The molecule has 2 fully saturated rings. The van der Waals surface area contributed by atoms with Crippen LogP contribution in [-0.2, 0) is 19.1 Å². The molecular formula is C16H29ClN2O4. The number of carbonyl (C=O) groups excluding carboxylic acids is 2. The summed E-state index contributed by atoms with van der Waals surface area (Å²) in [5.41, 5.74) is 0. The lowest BCUT2D eigenvalue weighted by atomic mass is 9.98. The summed E-state index contributed by atoms with van der Waals surface area (Å²) in [6.45, 7) is 7.12. The summed E-state index contributed by atoms with van der Waals surface area (Å²) in [6, 6.07) is -0.618. The Morgan fingerprint density at radius 1 is 1.04 bits per heavy atom. The fourth-order valence-corrected chi connectivity index (χ4v) is 3.48. The van der Waals surface area contributed by atoms with Gasteiger partial charge < -0.3 is 14.8 Å². The molecule has 0 saturated carbocycles. The second-order valence-electron chi connectivity index (χ2n) is 6.02. The highest BCUT2D eigenvalue weighted by atomic mass is 35.5. The zero-order chi connectivity index (χ0) is 15.9. The van der Waals surface area contributed by atoms with Crippen LogP contribution in [0.25, 0.3) is 0 Å². The van der Waals surface area contributed by atoms with Crippen molar-refractivity contribution < 1.29 is 19.1 Å². The molecule has 0 aliphatic carbocycles. The van der Waals surface area contributed by atoms with Gasteiger partial charge in [0.15, 0.2) is 0 Å². The van der Waals surface area contributed by atoms with E-state index in [1.807, 2.05) is 18.7 Å². The molecule has 0 spiro atoms. The molecule has 0 aromatic rings. The highest BCUT2D eigenvalue weighted by molar-refractivity contribution is 5.85. The van der Waals surface area contributed by atoms with E-state index in [0.29, 0.717) is 32.0 Å². The Bertz CT molecular complexity index is 362. The fourth-order valence-electron chi connectivity index (χ4n) is 3.48. The van der Waals surface area contributed by atoms with Gasteiger partial charge in [-0.05, 0) is 58.5 Å². The molecule has 3 atom stereocenters. The number of likely N-dealkylation sites (tertiary alicyclic amines) is 1. The Hall–Kier alpha value is -0.850. The summed E-state index contributed by atoms with van der Waals surface area (Å²) < 4.78 is 10.4. The van der Waals surface area contributed by atoms with E-state index in [-0.39, 0.29) is 36.4 Å². The van der Waals surface area contributed by atoms with Gasteiger partial charge in [0.2, 0.25) is 0 Å². The van der Waals surface area contributed by atoms with Crippen LogP contribution in [0.5, 0.6) is 0 Å². The third-order valence-corrected chi connectivity index (χ3v) is 4.50. The number of hydrogen-bond acceptors (Lipinski definition) is 6. The van der Waals surface area contributed by atoms with Gasteiger partial charge >= 0.3 is 11.9 Å². The minimum Gasteiger partial charge on any atom is -0.465 e. The quantitative estimate of drug-likeness (QED) is 0.731. The Kier molecular flexibility index (Phi) is 8.87. The van der Waals surface area contributed by atoms with Crippen molar-refractivity contribution in [3.63, 3.8) is 0 Å². The van der Waals surface area contributed by atoms with E-state index in [2.05, 4.69) is 5.32 Å². The molecular weight excluding hydrogens is 320 g/mol. The average Bonchev–Trinajstić information content (AvgIpc) is 2.92. The number of piperidine rings is 1. The maximum atomic E-state index is 12.2. The van der Waals surface area contributed by atoms with Crippen LogP contribution < -0.4 is 5.32 Å². The van der Waals surface area contributed by atoms with Gasteiger partial charge in [0.25, 0.3) is 0 Å². The number of nitrogens with zero attached hydrogens (tertiary/aromatic N) is 1. The third kappa shape index (κ3) is 5.33. The molecule has 0 aromatic carbocycles. The summed E-state index contributed by atoms with van der Waals surface area (Å²) in [6.07, 6.45) is 3.62. The fraction of sp³-hybridized carbons (Fsp3) is 0.875. The predicted molar refractivity (Wildman–Crippen MR) is 89.6 cm³/mol. The van der Waals surface area contributed by atoms with Crippen molar-refractivity contribution >= 4 is 24.3 Å². The van der Waals surface area contributed by atoms with Gasteiger partial charge in [-0.25, -0.2) is 0 Å². The molecule has 23 heavy (non-hydrogen) atoms. The Morgan fingerprint density at radius 3 is 2.04 bits per heavy atom. The lowest BCUT2D eigenvalue weighted by Crippen LogP contribution is -2.49. The van der Waals surface area contributed by atoms with Crippen LogP contribution in [0.1, 0.15) is 39.5 Å². The minimum atomic E-state index is -0.309. The number of rotatable bonds is 6. The van der Waals surface area contributed by atoms with Gasteiger partial charge in [-0.3, -0.25) is 14.5 Å². The van der Waals surface area contributed by atoms with Crippen molar-refractivity contribution in [1.29, 1.82) is 0 Å². The highest BCUT2D eigenvalue weighted by Crippen LogP contribution is 2.28. The monoisotopic (exact) mass is 348 g/mol. The number of halogens is 1. The van der Waals surface area contributed by atoms with E-state index in [1.165, 1.54) is 0 Å². The molecule has 134 valence electrons. The van der Waals surface area contributed by atoms with E-state index in [0.717, 1.165) is 32.5 Å². The van der Waals surface area contributed by atoms with Gasteiger partial charge in [0.1, 0.15) is 12.1 Å². The van der Waals surface area contributed by atoms with E-state index in [9.17, 15) is 9.59 Å². The molecule has 2 heterocycles. The SMILES string of the molecule is CCOC(=O)[C@H]1CC[C@H](C(=O)OCC)N1CC1CCCNC1.Cl. The van der Waals surface area contributed by atoms with Crippen molar-refractivity contribution in [3.05, 3.63) is 0 Å². The number of ether oxygens (including phenoxy) is 2. The summed E-state index contributed by atoms with van der Waals surface area (Å²) in [4.78, 5) is 26.4. The van der Waals surface area contributed by atoms with Gasteiger partial charge in [0, 0.05) is 6.54 Å². The van der Waals surface area contributed by atoms with E-state index >= 15 is 0 Å². The van der Waals surface area contributed by atoms with Gasteiger partial charge in [-0.15, -0.1) is 12.4 Å². The molecule has 2 aliphatic heterocycles. The Balaban J connectivity index is 0.00000264. The molecule has 0 aromatic heterocycles. The number of hydrogen-bond donors (Lipinski definition) is 1. The summed E-state index contributed by atoms with van der Waals surface area (Å²) in [7, 11) is 0. The van der Waals surface area contributed by atoms with Gasteiger partial charge in [0.05, 0.1) is 13.2 Å². The van der Waals surface area contributed by atoms with Crippen molar-refractivity contribution in [3.8, 4) is 0 Å². The lowest BCUT2D eigenvalue weighted by molar-refractivity contribution is -0.153. The van der Waals surface area contributed by atoms with Gasteiger partial charge in [-0.1, -0.05) is 0 Å². The van der Waals surface area contributed by atoms with Gasteiger partial charge in [-0.2, -0.15) is 0 Å². The number of nitrogens with one attached hydrogen (secondary N) is 1.